The van der Waals surface area contributed by atoms with Gasteiger partial charge in [0.05, 0.1) is 6.10 Å². The van der Waals surface area contributed by atoms with Crippen LogP contribution < -0.4 is 20.8 Å². The predicted molar refractivity (Wildman–Crippen MR) is 107 cm³/mol. The summed E-state index contributed by atoms with van der Waals surface area (Å²) >= 11 is 0. The number of benzene rings is 1. The molecule has 2 aliphatic rings. The fraction of sp³-hybridized carbons (Fsp3) is 0.333. The third kappa shape index (κ3) is 3.73. The number of carbonyl (C=O) groups is 1. The summed E-state index contributed by atoms with van der Waals surface area (Å²) in [5, 5.41) is 69.0. The van der Waals surface area contributed by atoms with E-state index in [4.69, 9.17) is 13.9 Å². The number of rotatable bonds is 3. The number of phenolic OH excluding ortho intramolecular Hbond substituents is 2. The molecule has 0 amide bonds. The number of phenols is 2. The Morgan fingerprint density at radius 3 is 2.30 bits per heavy atom. The van der Waals surface area contributed by atoms with Crippen LogP contribution in [-0.4, -0.2) is 78.3 Å². The van der Waals surface area contributed by atoms with Crippen LogP contribution in [0.4, 0.5) is 0 Å². The van der Waals surface area contributed by atoms with Crippen molar-refractivity contribution in [1.82, 2.24) is 0 Å². The molecule has 0 saturated carbocycles. The highest BCUT2D eigenvalue weighted by atomic mass is 16.7. The van der Waals surface area contributed by atoms with Crippen molar-refractivity contribution in [3.63, 3.8) is 0 Å². The first kappa shape index (κ1) is 22.8. The fourth-order valence-electron chi connectivity index (χ4n) is 3.55. The van der Waals surface area contributed by atoms with E-state index in [0.717, 1.165) is 18.2 Å². The van der Waals surface area contributed by atoms with Crippen LogP contribution in [0, 0.1) is 0 Å². The highest BCUT2D eigenvalue weighted by molar-refractivity contribution is 6.17. The molecule has 2 aromatic rings. The summed E-state index contributed by atoms with van der Waals surface area (Å²) in [6, 6.07) is 3.37. The first-order valence-corrected chi connectivity index (χ1v) is 9.74. The van der Waals surface area contributed by atoms with Gasteiger partial charge in [0.15, 0.2) is 23.0 Å². The summed E-state index contributed by atoms with van der Waals surface area (Å²) in [6.45, 7) is 1.39. The SMILES string of the molecule is C[C@@H]1O[C@@H](Oc2c(-c3ccc(O)c(O)c3)oc3c(c2=O)=C(O)C(=O)C(O)C=3)[C@H](O)[C@H](O)[C@H]1O. The highest BCUT2D eigenvalue weighted by Crippen LogP contribution is 2.34. The van der Waals surface area contributed by atoms with Gasteiger partial charge in [-0.05, 0) is 31.2 Å². The van der Waals surface area contributed by atoms with Crippen LogP contribution in [0.25, 0.3) is 23.2 Å². The Bertz CT molecular complexity index is 1300. The summed E-state index contributed by atoms with van der Waals surface area (Å²) < 4.78 is 16.5. The van der Waals surface area contributed by atoms with Crippen LogP contribution in [-0.2, 0) is 9.53 Å². The topological polar surface area (TPSA) is 207 Å². The molecule has 6 atom stereocenters. The average molecular weight is 464 g/mol. The Hall–Kier alpha value is -3.42. The number of hydrogen-bond donors (Lipinski definition) is 7. The molecule has 4 rings (SSSR count). The van der Waals surface area contributed by atoms with E-state index < -0.39 is 76.2 Å². The zero-order valence-electron chi connectivity index (χ0n) is 16.9. The minimum Gasteiger partial charge on any atom is -0.504 e. The molecule has 1 aliphatic heterocycles. The molecule has 12 heteroatoms. The molecule has 1 fully saturated rings. The number of ether oxygens (including phenoxy) is 2. The molecular formula is C21H20O12. The molecule has 176 valence electrons. The Balaban J connectivity index is 1.95. The van der Waals surface area contributed by atoms with Crippen LogP contribution in [0.3, 0.4) is 0 Å². The van der Waals surface area contributed by atoms with Gasteiger partial charge in [0, 0.05) is 5.56 Å². The van der Waals surface area contributed by atoms with Gasteiger partial charge in [-0.15, -0.1) is 0 Å². The molecule has 7 N–H and O–H groups in total. The Labute approximate surface area is 184 Å². The monoisotopic (exact) mass is 464 g/mol. The second-order valence-electron chi connectivity index (χ2n) is 7.66. The van der Waals surface area contributed by atoms with Gasteiger partial charge in [-0.2, -0.15) is 0 Å². The van der Waals surface area contributed by atoms with Crippen molar-refractivity contribution in [3.8, 4) is 28.6 Å². The van der Waals surface area contributed by atoms with Crippen LogP contribution >= 0.6 is 0 Å². The number of fused-ring (bicyclic) bond motifs is 1. The maximum atomic E-state index is 13.2. The molecular weight excluding hydrogens is 444 g/mol. The van der Waals surface area contributed by atoms with Crippen molar-refractivity contribution in [2.75, 3.05) is 0 Å². The van der Waals surface area contributed by atoms with Crippen LogP contribution in [0.5, 0.6) is 17.2 Å². The number of aromatic hydroxyl groups is 2. The van der Waals surface area contributed by atoms with Gasteiger partial charge < -0.3 is 49.6 Å². The van der Waals surface area contributed by atoms with E-state index in [2.05, 4.69) is 0 Å². The molecule has 2 heterocycles. The fourth-order valence-corrected chi connectivity index (χ4v) is 3.55. The number of Topliss-reactive ketones (excluding diaryl/α,β-unsaturated/α-hetero) is 1. The molecule has 12 nitrogen and oxygen atoms in total. The number of aliphatic hydroxyl groups is 5. The van der Waals surface area contributed by atoms with E-state index in [9.17, 15) is 45.3 Å². The Morgan fingerprint density at radius 2 is 1.64 bits per heavy atom. The minimum atomic E-state index is -1.81. The Morgan fingerprint density at radius 1 is 0.939 bits per heavy atom. The molecule has 1 aromatic heterocycles. The third-order valence-corrected chi connectivity index (χ3v) is 5.43. The lowest BCUT2D eigenvalue weighted by Crippen LogP contribution is -2.59. The quantitative estimate of drug-likeness (QED) is 0.232. The van der Waals surface area contributed by atoms with Gasteiger partial charge >= 0.3 is 0 Å². The number of aliphatic hydroxyl groups excluding tert-OH is 5. The van der Waals surface area contributed by atoms with Crippen LogP contribution in [0.15, 0.2) is 27.4 Å². The van der Waals surface area contributed by atoms with Gasteiger partial charge in [0.1, 0.15) is 35.0 Å². The van der Waals surface area contributed by atoms with E-state index >= 15 is 0 Å². The number of ketones is 1. The summed E-state index contributed by atoms with van der Waals surface area (Å²) in [4.78, 5) is 25.2. The minimum absolute atomic E-state index is 0.00147. The summed E-state index contributed by atoms with van der Waals surface area (Å²) in [6.07, 6.45) is -8.52. The normalized spacial score (nSPS) is 29.4. The average Bonchev–Trinajstić information content (AvgIpc) is 2.77. The van der Waals surface area contributed by atoms with Gasteiger partial charge in [-0.25, -0.2) is 0 Å². The van der Waals surface area contributed by atoms with Crippen molar-refractivity contribution in [1.29, 1.82) is 0 Å². The molecule has 0 spiro atoms. The molecule has 1 aliphatic carbocycles. The molecule has 1 unspecified atom stereocenters. The van der Waals surface area contributed by atoms with E-state index in [1.807, 2.05) is 0 Å². The van der Waals surface area contributed by atoms with Crippen LogP contribution in [0.1, 0.15) is 6.92 Å². The van der Waals surface area contributed by atoms with E-state index in [-0.39, 0.29) is 16.7 Å². The zero-order valence-corrected chi connectivity index (χ0v) is 16.9. The second-order valence-corrected chi connectivity index (χ2v) is 7.66. The number of hydrogen-bond acceptors (Lipinski definition) is 12. The van der Waals surface area contributed by atoms with Gasteiger partial charge in [-0.1, -0.05) is 0 Å². The Kier molecular flexibility index (Phi) is 5.64. The molecule has 0 radical (unpaired) electrons. The van der Waals surface area contributed by atoms with E-state index in [1.54, 1.807) is 0 Å². The lowest BCUT2D eigenvalue weighted by Gasteiger charge is -2.38. The van der Waals surface area contributed by atoms with Crippen molar-refractivity contribution >= 4 is 17.6 Å². The lowest BCUT2D eigenvalue weighted by molar-refractivity contribution is -0.268. The van der Waals surface area contributed by atoms with E-state index in [0.29, 0.717) is 0 Å². The van der Waals surface area contributed by atoms with E-state index in [1.165, 1.54) is 13.0 Å². The standard InChI is InChI=1S/C21H20O12/c1-6-13(25)17(29)18(30)21(31-6)33-20-16(28)12-11(5-10(24)14(26)15(12)27)32-19(20)7-2-3-8(22)9(23)4-7/h2-6,10,13,17-18,21-25,27,29-30H,1H3/t6-,10?,13-,17+,18+,21-/m0/s1. The second kappa shape index (κ2) is 8.17. The van der Waals surface area contributed by atoms with Crippen molar-refractivity contribution < 1.29 is 54.4 Å². The maximum Gasteiger partial charge on any atom is 0.239 e. The molecule has 1 saturated heterocycles. The van der Waals surface area contributed by atoms with Crippen molar-refractivity contribution in [2.24, 2.45) is 0 Å². The molecule has 1 aromatic carbocycles. The van der Waals surface area contributed by atoms with Crippen LogP contribution in [0.2, 0.25) is 0 Å². The van der Waals surface area contributed by atoms with Gasteiger partial charge in [0.25, 0.3) is 0 Å². The maximum absolute atomic E-state index is 13.2. The third-order valence-electron chi connectivity index (χ3n) is 5.43. The van der Waals surface area contributed by atoms with Gasteiger partial charge in [-0.3, -0.25) is 9.59 Å². The lowest BCUT2D eigenvalue weighted by atomic mass is 10.00. The first-order valence-electron chi connectivity index (χ1n) is 9.74. The molecule has 0 bridgehead atoms. The smallest absolute Gasteiger partial charge is 0.239 e. The number of carbonyl (C=O) groups excluding carboxylic acids is 1. The summed E-state index contributed by atoms with van der Waals surface area (Å²) in [7, 11) is 0. The predicted octanol–water partition coefficient (Wildman–Crippen LogP) is -2.69. The summed E-state index contributed by atoms with van der Waals surface area (Å²) in [5.41, 5.74) is -1.45. The molecule has 33 heavy (non-hydrogen) atoms. The van der Waals surface area contributed by atoms with Crippen molar-refractivity contribution in [2.45, 2.75) is 43.7 Å². The summed E-state index contributed by atoms with van der Waals surface area (Å²) in [5.74, 6) is -4.33. The largest absolute Gasteiger partial charge is 0.504 e. The van der Waals surface area contributed by atoms with Gasteiger partial charge in [0.2, 0.25) is 23.3 Å². The first-order chi connectivity index (χ1) is 15.5. The zero-order chi connectivity index (χ0) is 24.2. The highest BCUT2D eigenvalue weighted by Gasteiger charge is 2.44. The van der Waals surface area contributed by atoms with Crippen molar-refractivity contribution in [3.05, 3.63) is 39.1 Å².